The summed E-state index contributed by atoms with van der Waals surface area (Å²) in [5, 5.41) is 6.83. The van der Waals surface area contributed by atoms with E-state index in [1.807, 2.05) is 20.8 Å². The molecule has 6 heteroatoms. The molecular weight excluding hydrogens is 286 g/mol. The van der Waals surface area contributed by atoms with Crippen LogP contribution in [0, 0.1) is 0 Å². The molecule has 0 bridgehead atoms. The zero-order valence-electron chi connectivity index (χ0n) is 12.4. The molecule has 0 spiro atoms. The minimum atomic E-state index is -0.288. The second kappa shape index (κ2) is 5.73. The zero-order valence-corrected chi connectivity index (χ0v) is 13.2. The van der Waals surface area contributed by atoms with Crippen molar-refractivity contribution in [2.24, 2.45) is 0 Å². The van der Waals surface area contributed by atoms with Gasteiger partial charge in [-0.3, -0.25) is 9.59 Å². The van der Waals surface area contributed by atoms with E-state index in [1.165, 1.54) is 6.92 Å². The first kappa shape index (κ1) is 15.3. The van der Waals surface area contributed by atoms with Gasteiger partial charge in [0.1, 0.15) is 4.88 Å². The lowest BCUT2D eigenvalue weighted by Crippen LogP contribution is -2.20. The van der Waals surface area contributed by atoms with Gasteiger partial charge in [0.2, 0.25) is 0 Å². The smallest absolute Gasteiger partial charge is 0.269 e. The lowest BCUT2D eigenvalue weighted by molar-refractivity contribution is 0.101. The Labute approximate surface area is 127 Å². The quantitative estimate of drug-likeness (QED) is 0.883. The van der Waals surface area contributed by atoms with Gasteiger partial charge in [-0.15, -0.1) is 5.10 Å². The molecule has 0 aliphatic rings. The fourth-order valence-electron chi connectivity index (χ4n) is 1.91. The molecule has 110 valence electrons. The molecule has 2 aromatic rings. The van der Waals surface area contributed by atoms with E-state index in [4.69, 9.17) is 0 Å². The number of hydrogen-bond acceptors (Lipinski definition) is 5. The maximum Gasteiger partial charge on any atom is 0.269 e. The van der Waals surface area contributed by atoms with Crippen molar-refractivity contribution in [2.45, 2.75) is 33.1 Å². The van der Waals surface area contributed by atoms with E-state index in [9.17, 15) is 9.59 Å². The predicted molar refractivity (Wildman–Crippen MR) is 83.0 cm³/mol. The predicted octanol–water partition coefficient (Wildman–Crippen LogP) is 3.29. The van der Waals surface area contributed by atoms with Gasteiger partial charge in [0.25, 0.3) is 5.91 Å². The van der Waals surface area contributed by atoms with Gasteiger partial charge in [-0.05, 0) is 30.6 Å². The number of nitrogens with zero attached hydrogens (tertiary/aromatic N) is 2. The lowest BCUT2D eigenvalue weighted by atomic mass is 9.91. The summed E-state index contributed by atoms with van der Waals surface area (Å²) in [7, 11) is 0. The molecule has 1 aromatic heterocycles. The number of hydrogen-bond donors (Lipinski definition) is 1. The van der Waals surface area contributed by atoms with Crippen molar-refractivity contribution in [3.05, 3.63) is 40.4 Å². The third-order valence-electron chi connectivity index (χ3n) is 2.96. The molecule has 0 unspecified atom stereocenters. The van der Waals surface area contributed by atoms with E-state index in [2.05, 4.69) is 14.9 Å². The number of rotatable bonds is 3. The van der Waals surface area contributed by atoms with Crippen LogP contribution in [0.2, 0.25) is 0 Å². The summed E-state index contributed by atoms with van der Waals surface area (Å²) in [5.74, 6) is -0.381. The normalized spacial score (nSPS) is 11.2. The van der Waals surface area contributed by atoms with Crippen molar-refractivity contribution >= 4 is 28.9 Å². The maximum absolute atomic E-state index is 12.4. The van der Waals surface area contributed by atoms with Crippen LogP contribution in [-0.4, -0.2) is 21.3 Å². The van der Waals surface area contributed by atoms with E-state index in [0.717, 1.165) is 11.5 Å². The Bertz CT molecular complexity index is 686. The summed E-state index contributed by atoms with van der Waals surface area (Å²) in [6.07, 6.45) is 0. The number of ketones is 1. The maximum atomic E-state index is 12.4. The molecule has 0 atom stereocenters. The molecule has 0 saturated heterocycles. The van der Waals surface area contributed by atoms with E-state index in [1.54, 1.807) is 24.3 Å². The number of anilines is 1. The van der Waals surface area contributed by atoms with E-state index in [-0.39, 0.29) is 17.1 Å². The molecule has 1 aromatic carbocycles. The minimum Gasteiger partial charge on any atom is -0.320 e. The Kier molecular flexibility index (Phi) is 4.18. The van der Waals surface area contributed by atoms with Gasteiger partial charge in [-0.2, -0.15) is 0 Å². The average Bonchev–Trinajstić information content (AvgIpc) is 2.88. The molecule has 0 radical (unpaired) electrons. The van der Waals surface area contributed by atoms with Crippen LogP contribution in [0.15, 0.2) is 24.3 Å². The Morgan fingerprint density at radius 1 is 1.19 bits per heavy atom. The SMILES string of the molecule is CC(=O)c1ccccc1NC(=O)c1snnc1C(C)(C)C. The Hall–Kier alpha value is -2.08. The van der Waals surface area contributed by atoms with Crippen molar-refractivity contribution in [3.8, 4) is 0 Å². The van der Waals surface area contributed by atoms with Crippen molar-refractivity contribution in [3.63, 3.8) is 0 Å². The molecule has 1 amide bonds. The summed E-state index contributed by atoms with van der Waals surface area (Å²) in [4.78, 5) is 24.5. The van der Waals surface area contributed by atoms with Gasteiger partial charge in [0.15, 0.2) is 5.78 Å². The molecule has 0 aliphatic heterocycles. The minimum absolute atomic E-state index is 0.0932. The van der Waals surface area contributed by atoms with Crippen LogP contribution < -0.4 is 5.32 Å². The second-order valence-corrected chi connectivity index (χ2v) is 6.51. The molecule has 5 nitrogen and oxygen atoms in total. The fourth-order valence-corrected chi connectivity index (χ4v) is 2.68. The molecular formula is C15H17N3O2S. The first-order valence-electron chi connectivity index (χ1n) is 6.55. The molecule has 0 saturated carbocycles. The van der Waals surface area contributed by atoms with Gasteiger partial charge in [0, 0.05) is 11.0 Å². The van der Waals surface area contributed by atoms with Gasteiger partial charge >= 0.3 is 0 Å². The highest BCUT2D eigenvalue weighted by Crippen LogP contribution is 2.27. The monoisotopic (exact) mass is 303 g/mol. The van der Waals surface area contributed by atoms with Gasteiger partial charge in [-0.25, -0.2) is 0 Å². The number of aromatic nitrogens is 2. The molecule has 2 rings (SSSR count). The third-order valence-corrected chi connectivity index (χ3v) is 3.68. The van der Waals surface area contributed by atoms with Gasteiger partial charge in [0.05, 0.1) is 11.4 Å². The second-order valence-electron chi connectivity index (χ2n) is 5.76. The van der Waals surface area contributed by atoms with Crippen LogP contribution in [0.5, 0.6) is 0 Å². The number of benzene rings is 1. The van der Waals surface area contributed by atoms with Crippen LogP contribution >= 0.6 is 11.5 Å². The van der Waals surface area contributed by atoms with Crippen LogP contribution in [0.4, 0.5) is 5.69 Å². The molecule has 0 fully saturated rings. The summed E-state index contributed by atoms with van der Waals surface area (Å²) < 4.78 is 3.87. The van der Waals surface area contributed by atoms with Crippen LogP contribution in [0.3, 0.4) is 0 Å². The highest BCUT2D eigenvalue weighted by atomic mass is 32.1. The van der Waals surface area contributed by atoms with Crippen molar-refractivity contribution in [1.82, 2.24) is 9.59 Å². The summed E-state index contributed by atoms with van der Waals surface area (Å²) in [5.41, 5.74) is 1.38. The zero-order chi connectivity index (χ0) is 15.6. The summed E-state index contributed by atoms with van der Waals surface area (Å²) in [6, 6.07) is 6.94. The fraction of sp³-hybridized carbons (Fsp3) is 0.333. The van der Waals surface area contributed by atoms with Gasteiger partial charge < -0.3 is 5.32 Å². The Balaban J connectivity index is 2.32. The van der Waals surface area contributed by atoms with Crippen molar-refractivity contribution < 1.29 is 9.59 Å². The number of para-hydroxylation sites is 1. The standard InChI is InChI=1S/C15H17N3O2S/c1-9(19)10-7-5-6-8-11(10)16-14(20)12-13(15(2,3)4)17-18-21-12/h5-8H,1-4H3,(H,16,20). The number of carbonyl (C=O) groups is 2. The highest BCUT2D eigenvalue weighted by molar-refractivity contribution is 7.08. The Morgan fingerprint density at radius 3 is 2.48 bits per heavy atom. The topological polar surface area (TPSA) is 72.0 Å². The van der Waals surface area contributed by atoms with Crippen LogP contribution in [-0.2, 0) is 5.41 Å². The van der Waals surface area contributed by atoms with Crippen LogP contribution in [0.1, 0.15) is 53.4 Å². The summed E-state index contributed by atoms with van der Waals surface area (Å²) >= 11 is 1.06. The highest BCUT2D eigenvalue weighted by Gasteiger charge is 2.26. The average molecular weight is 303 g/mol. The number of Topliss-reactive ketones (excluding diaryl/α,β-unsaturated/α-hetero) is 1. The summed E-state index contributed by atoms with van der Waals surface area (Å²) in [6.45, 7) is 7.40. The van der Waals surface area contributed by atoms with E-state index >= 15 is 0 Å². The van der Waals surface area contributed by atoms with E-state index < -0.39 is 0 Å². The van der Waals surface area contributed by atoms with E-state index in [0.29, 0.717) is 21.8 Å². The first-order valence-corrected chi connectivity index (χ1v) is 7.32. The molecule has 1 N–H and O–H groups in total. The lowest BCUT2D eigenvalue weighted by Gasteiger charge is -2.16. The Morgan fingerprint density at radius 2 is 1.86 bits per heavy atom. The third kappa shape index (κ3) is 3.33. The number of amides is 1. The van der Waals surface area contributed by atoms with Gasteiger partial charge in [-0.1, -0.05) is 37.4 Å². The largest absolute Gasteiger partial charge is 0.320 e. The van der Waals surface area contributed by atoms with Crippen molar-refractivity contribution in [1.29, 1.82) is 0 Å². The number of nitrogens with one attached hydrogen (secondary N) is 1. The van der Waals surface area contributed by atoms with Crippen LogP contribution in [0.25, 0.3) is 0 Å². The molecule has 21 heavy (non-hydrogen) atoms. The molecule has 1 heterocycles. The van der Waals surface area contributed by atoms with Crippen molar-refractivity contribution in [2.75, 3.05) is 5.32 Å². The molecule has 0 aliphatic carbocycles. The number of carbonyl (C=O) groups excluding carboxylic acids is 2. The first-order chi connectivity index (χ1) is 9.80.